The van der Waals surface area contributed by atoms with Crippen LogP contribution in [-0.4, -0.2) is 11.6 Å². The van der Waals surface area contributed by atoms with Crippen LogP contribution in [0.5, 0.6) is 0 Å². The smallest absolute Gasteiger partial charge is 0.240 e. The van der Waals surface area contributed by atoms with Crippen molar-refractivity contribution in [1.82, 2.24) is 5.43 Å². The van der Waals surface area contributed by atoms with Crippen molar-refractivity contribution < 1.29 is 9.21 Å². The van der Waals surface area contributed by atoms with E-state index in [2.05, 4.69) is 10.5 Å². The number of hydrogen-bond acceptors (Lipinski definition) is 3. The van der Waals surface area contributed by atoms with Crippen molar-refractivity contribution in [3.63, 3.8) is 0 Å². The fraction of sp³-hybridized carbons (Fsp3) is 0.250. The zero-order chi connectivity index (χ0) is 8.39. The Kier molecular flexibility index (Phi) is 1.66. The summed E-state index contributed by atoms with van der Waals surface area (Å²) in [7, 11) is 0. The molecule has 0 unspecified atom stereocenters. The molecule has 0 bridgehead atoms. The molecule has 0 aromatic carbocycles. The lowest BCUT2D eigenvalue weighted by atomic mass is 10.1. The molecule has 0 aliphatic carbocycles. The fourth-order valence-corrected chi connectivity index (χ4v) is 1.09. The van der Waals surface area contributed by atoms with Gasteiger partial charge in [0.15, 0.2) is 0 Å². The van der Waals surface area contributed by atoms with Crippen LogP contribution in [0.4, 0.5) is 0 Å². The van der Waals surface area contributed by atoms with E-state index in [1.54, 1.807) is 12.3 Å². The summed E-state index contributed by atoms with van der Waals surface area (Å²) in [4.78, 5) is 10.7. The lowest BCUT2D eigenvalue weighted by molar-refractivity contribution is -0.121. The van der Waals surface area contributed by atoms with Gasteiger partial charge in [0.1, 0.15) is 11.5 Å². The molecule has 62 valence electrons. The predicted octanol–water partition coefficient (Wildman–Crippen LogP) is 0.894. The van der Waals surface area contributed by atoms with Crippen LogP contribution in [0.25, 0.3) is 0 Å². The minimum Gasteiger partial charge on any atom is -0.463 e. The highest BCUT2D eigenvalue weighted by Gasteiger charge is 2.14. The van der Waals surface area contributed by atoms with E-state index < -0.39 is 0 Å². The molecule has 1 aliphatic rings. The molecular weight excluding hydrogens is 156 g/mol. The van der Waals surface area contributed by atoms with Crippen LogP contribution in [0.15, 0.2) is 27.9 Å². The van der Waals surface area contributed by atoms with E-state index >= 15 is 0 Å². The standard InChI is InChI=1S/C8H8N2O2/c11-8-4-3-6(9-10-8)7-2-1-5-12-7/h1-2,5H,3-4H2,(H,10,11). The Morgan fingerprint density at radius 3 is 3.00 bits per heavy atom. The summed E-state index contributed by atoms with van der Waals surface area (Å²) in [5, 5.41) is 3.88. The molecule has 1 N–H and O–H groups in total. The van der Waals surface area contributed by atoms with E-state index in [1.165, 1.54) is 0 Å². The van der Waals surface area contributed by atoms with E-state index in [-0.39, 0.29) is 5.91 Å². The SMILES string of the molecule is O=C1CCC(c2ccco2)=NN1. The molecule has 2 heterocycles. The van der Waals surface area contributed by atoms with Gasteiger partial charge in [-0.05, 0) is 12.1 Å². The Morgan fingerprint density at radius 2 is 2.42 bits per heavy atom. The van der Waals surface area contributed by atoms with Crippen LogP contribution in [0, 0.1) is 0 Å². The summed E-state index contributed by atoms with van der Waals surface area (Å²) in [6.45, 7) is 0. The average Bonchev–Trinajstić information content (AvgIpc) is 2.58. The van der Waals surface area contributed by atoms with Gasteiger partial charge < -0.3 is 4.42 Å². The average molecular weight is 164 g/mol. The maximum absolute atomic E-state index is 10.7. The minimum absolute atomic E-state index is 0.0368. The summed E-state index contributed by atoms with van der Waals surface area (Å²) >= 11 is 0. The van der Waals surface area contributed by atoms with Crippen molar-refractivity contribution in [2.45, 2.75) is 12.8 Å². The summed E-state index contributed by atoms with van der Waals surface area (Å²) in [5.41, 5.74) is 3.21. The molecular formula is C8H8N2O2. The predicted molar refractivity (Wildman–Crippen MR) is 42.6 cm³/mol. The molecule has 1 aromatic heterocycles. The van der Waals surface area contributed by atoms with Crippen molar-refractivity contribution in [2.24, 2.45) is 5.10 Å². The molecule has 1 aromatic rings. The zero-order valence-corrected chi connectivity index (χ0v) is 6.41. The summed E-state index contributed by atoms with van der Waals surface area (Å²) < 4.78 is 5.13. The van der Waals surface area contributed by atoms with Crippen molar-refractivity contribution in [3.8, 4) is 0 Å². The molecule has 2 rings (SSSR count). The molecule has 1 aliphatic heterocycles. The van der Waals surface area contributed by atoms with Gasteiger partial charge in [0.25, 0.3) is 0 Å². The number of furan rings is 1. The normalized spacial score (nSPS) is 17.0. The molecule has 12 heavy (non-hydrogen) atoms. The highest BCUT2D eigenvalue weighted by molar-refractivity contribution is 6.02. The Labute approximate surface area is 69.3 Å². The molecule has 0 atom stereocenters. The van der Waals surface area contributed by atoms with Gasteiger partial charge in [0.2, 0.25) is 5.91 Å². The highest BCUT2D eigenvalue weighted by atomic mass is 16.3. The van der Waals surface area contributed by atoms with Crippen molar-refractivity contribution in [2.75, 3.05) is 0 Å². The van der Waals surface area contributed by atoms with E-state index in [1.807, 2.05) is 6.07 Å². The monoisotopic (exact) mass is 164 g/mol. The van der Waals surface area contributed by atoms with E-state index in [0.29, 0.717) is 12.8 Å². The van der Waals surface area contributed by atoms with Crippen molar-refractivity contribution >= 4 is 11.6 Å². The Morgan fingerprint density at radius 1 is 1.50 bits per heavy atom. The third-order valence-electron chi connectivity index (χ3n) is 1.71. The lowest BCUT2D eigenvalue weighted by Crippen LogP contribution is -2.25. The van der Waals surface area contributed by atoms with E-state index in [0.717, 1.165) is 11.5 Å². The Hall–Kier alpha value is -1.58. The fourth-order valence-electron chi connectivity index (χ4n) is 1.09. The van der Waals surface area contributed by atoms with Gasteiger partial charge in [-0.1, -0.05) is 0 Å². The van der Waals surface area contributed by atoms with Gasteiger partial charge in [-0.15, -0.1) is 0 Å². The third-order valence-corrected chi connectivity index (χ3v) is 1.71. The largest absolute Gasteiger partial charge is 0.463 e. The van der Waals surface area contributed by atoms with Gasteiger partial charge in [-0.25, -0.2) is 5.43 Å². The first kappa shape index (κ1) is 7.09. The summed E-state index contributed by atoms with van der Waals surface area (Å²) in [6, 6.07) is 3.63. The van der Waals surface area contributed by atoms with Crippen molar-refractivity contribution in [1.29, 1.82) is 0 Å². The second-order valence-corrected chi connectivity index (χ2v) is 2.57. The number of nitrogens with zero attached hydrogens (tertiary/aromatic N) is 1. The maximum atomic E-state index is 10.7. The number of carbonyl (C=O) groups excluding carboxylic acids is 1. The van der Waals surface area contributed by atoms with Gasteiger partial charge in [0.05, 0.1) is 6.26 Å². The van der Waals surface area contributed by atoms with Crippen molar-refractivity contribution in [3.05, 3.63) is 24.2 Å². The van der Waals surface area contributed by atoms with Crippen LogP contribution in [0.3, 0.4) is 0 Å². The zero-order valence-electron chi connectivity index (χ0n) is 6.41. The lowest BCUT2D eigenvalue weighted by Gasteiger charge is -2.08. The maximum Gasteiger partial charge on any atom is 0.240 e. The second-order valence-electron chi connectivity index (χ2n) is 2.57. The topological polar surface area (TPSA) is 54.6 Å². The van der Waals surface area contributed by atoms with Crippen LogP contribution < -0.4 is 5.43 Å². The number of rotatable bonds is 1. The van der Waals surface area contributed by atoms with Crippen LogP contribution >= 0.6 is 0 Å². The highest BCUT2D eigenvalue weighted by Crippen LogP contribution is 2.09. The number of amides is 1. The number of hydrazone groups is 1. The number of hydrogen-bond donors (Lipinski definition) is 1. The van der Waals surface area contributed by atoms with Gasteiger partial charge in [0, 0.05) is 12.8 Å². The number of nitrogens with one attached hydrogen (secondary N) is 1. The molecule has 0 radical (unpaired) electrons. The molecule has 0 fully saturated rings. The van der Waals surface area contributed by atoms with Crippen LogP contribution in [0.1, 0.15) is 18.6 Å². The van der Waals surface area contributed by atoms with E-state index in [9.17, 15) is 4.79 Å². The second kappa shape index (κ2) is 2.81. The van der Waals surface area contributed by atoms with Crippen LogP contribution in [0.2, 0.25) is 0 Å². The first-order chi connectivity index (χ1) is 5.86. The molecule has 0 spiro atoms. The Balaban J connectivity index is 2.21. The summed E-state index contributed by atoms with van der Waals surface area (Å²) in [5.74, 6) is 0.695. The first-order valence-electron chi connectivity index (χ1n) is 3.75. The molecule has 0 saturated heterocycles. The quantitative estimate of drug-likeness (QED) is 0.670. The minimum atomic E-state index is -0.0368. The summed E-state index contributed by atoms with van der Waals surface area (Å²) in [6.07, 6.45) is 2.73. The van der Waals surface area contributed by atoms with E-state index in [4.69, 9.17) is 4.42 Å². The molecule has 0 saturated carbocycles. The Bertz CT molecular complexity index is 314. The van der Waals surface area contributed by atoms with Gasteiger partial charge in [-0.3, -0.25) is 4.79 Å². The van der Waals surface area contributed by atoms with Gasteiger partial charge in [-0.2, -0.15) is 5.10 Å². The molecule has 1 amide bonds. The number of carbonyl (C=O) groups is 1. The van der Waals surface area contributed by atoms with Gasteiger partial charge >= 0.3 is 0 Å². The molecule has 4 heteroatoms. The first-order valence-corrected chi connectivity index (χ1v) is 3.75. The third kappa shape index (κ3) is 1.23. The van der Waals surface area contributed by atoms with Crippen LogP contribution in [-0.2, 0) is 4.79 Å². The molecule has 4 nitrogen and oxygen atoms in total.